The van der Waals surface area contributed by atoms with Crippen LogP contribution in [0.3, 0.4) is 0 Å². The minimum Gasteiger partial charge on any atom is -0.512 e. The lowest BCUT2D eigenvalue weighted by molar-refractivity contribution is -0.161. The molecule has 0 fully saturated rings. The van der Waals surface area contributed by atoms with Crippen molar-refractivity contribution in [2.45, 2.75) is 68.9 Å². The molecule has 0 amide bonds. The quantitative estimate of drug-likeness (QED) is 0.306. The Bertz CT molecular complexity index is 1410. The van der Waals surface area contributed by atoms with Gasteiger partial charge in [-0.2, -0.15) is 8.42 Å². The molecule has 202 valence electrons. The van der Waals surface area contributed by atoms with Gasteiger partial charge in [0.05, 0.1) is 11.9 Å². The van der Waals surface area contributed by atoms with Crippen LogP contribution in [0.2, 0.25) is 0 Å². The van der Waals surface area contributed by atoms with Crippen molar-refractivity contribution in [1.82, 2.24) is 9.55 Å². The Morgan fingerprint density at radius 1 is 1.13 bits per heavy atom. The Balaban J connectivity index is 1.58. The number of aryl methyl sites for hydroxylation is 2. The summed E-state index contributed by atoms with van der Waals surface area (Å²) in [5.41, 5.74) is 1.69. The number of benzene rings is 2. The number of carbonyl (C=O) groups excluding carboxylic acids is 1. The molecule has 3 aromatic rings. The number of esters is 1. The number of aliphatic hydroxyl groups is 1. The first kappa shape index (κ1) is 27.4. The van der Waals surface area contributed by atoms with Crippen LogP contribution in [0.4, 0.5) is 5.69 Å². The molecular formula is C29H35N3O5S. The number of nitrogens with zero attached hydrogens (tertiary/aromatic N) is 2. The highest BCUT2D eigenvalue weighted by Crippen LogP contribution is 2.42. The van der Waals surface area contributed by atoms with Crippen molar-refractivity contribution >= 4 is 21.7 Å². The zero-order valence-corrected chi connectivity index (χ0v) is 22.9. The molecule has 1 aliphatic rings. The van der Waals surface area contributed by atoms with Crippen LogP contribution in [0.1, 0.15) is 63.0 Å². The predicted octanol–water partition coefficient (Wildman–Crippen LogP) is 5.65. The van der Waals surface area contributed by atoms with Crippen LogP contribution in [0.15, 0.2) is 83.5 Å². The molecule has 8 nitrogen and oxygen atoms in total. The number of carbonyl (C=O) groups is 1. The first-order valence-corrected chi connectivity index (χ1v) is 14.4. The van der Waals surface area contributed by atoms with Crippen molar-refractivity contribution < 1.29 is 23.1 Å². The predicted molar refractivity (Wildman–Crippen MR) is 146 cm³/mol. The van der Waals surface area contributed by atoms with E-state index in [4.69, 9.17) is 4.74 Å². The van der Waals surface area contributed by atoms with Gasteiger partial charge >= 0.3 is 5.97 Å². The standard InChI is InChI=1S/C29H35N3O5S/c1-4-15-29(16-14-21-10-7-6-8-11-21)18-25(33)27(28(34)37-29)24(5-2)22-12-9-13-23(17-22)31-38(35,36)26-19-32(3)20-30-26/h6-13,17,19-20,24,31,33H,4-5,14-16,18H2,1-3H3. The number of sulfonamides is 1. The summed E-state index contributed by atoms with van der Waals surface area (Å²) in [6, 6.07) is 16.9. The molecule has 2 N–H and O–H groups in total. The minimum absolute atomic E-state index is 0.0501. The van der Waals surface area contributed by atoms with E-state index in [0.717, 1.165) is 18.4 Å². The van der Waals surface area contributed by atoms with Gasteiger partial charge in [0.1, 0.15) is 11.4 Å². The molecule has 1 aromatic heterocycles. The van der Waals surface area contributed by atoms with Crippen LogP contribution in [-0.4, -0.2) is 34.6 Å². The Morgan fingerprint density at radius 2 is 1.89 bits per heavy atom. The Hall–Kier alpha value is -3.59. The molecule has 0 bridgehead atoms. The first-order valence-electron chi connectivity index (χ1n) is 13.0. The number of aromatic nitrogens is 2. The fourth-order valence-electron chi connectivity index (χ4n) is 5.19. The Morgan fingerprint density at radius 3 is 2.53 bits per heavy atom. The average molecular weight is 538 g/mol. The van der Waals surface area contributed by atoms with Crippen molar-refractivity contribution in [2.24, 2.45) is 7.05 Å². The van der Waals surface area contributed by atoms with Gasteiger partial charge in [-0.3, -0.25) is 4.72 Å². The van der Waals surface area contributed by atoms with Crippen molar-refractivity contribution in [3.05, 3.63) is 89.6 Å². The van der Waals surface area contributed by atoms with Gasteiger partial charge in [-0.1, -0.05) is 62.7 Å². The minimum atomic E-state index is -3.87. The summed E-state index contributed by atoms with van der Waals surface area (Å²) in [4.78, 5) is 17.3. The molecule has 1 aliphatic heterocycles. The van der Waals surface area contributed by atoms with Crippen LogP contribution >= 0.6 is 0 Å². The molecule has 2 heterocycles. The van der Waals surface area contributed by atoms with Gasteiger partial charge in [-0.15, -0.1) is 0 Å². The van der Waals surface area contributed by atoms with Gasteiger partial charge in [-0.25, -0.2) is 9.78 Å². The van der Waals surface area contributed by atoms with Crippen LogP contribution in [0.5, 0.6) is 0 Å². The molecule has 2 aromatic carbocycles. The lowest BCUT2D eigenvalue weighted by atomic mass is 9.80. The molecule has 4 rings (SSSR count). The summed E-state index contributed by atoms with van der Waals surface area (Å²) in [5, 5.41) is 11.1. The topological polar surface area (TPSA) is 111 Å². The van der Waals surface area contributed by atoms with E-state index < -0.39 is 27.5 Å². The monoisotopic (exact) mass is 537 g/mol. The van der Waals surface area contributed by atoms with Crippen molar-refractivity contribution in [3.63, 3.8) is 0 Å². The van der Waals surface area contributed by atoms with Crippen LogP contribution < -0.4 is 4.72 Å². The molecule has 0 aliphatic carbocycles. The van der Waals surface area contributed by atoms with Gasteiger partial charge in [0.2, 0.25) is 0 Å². The van der Waals surface area contributed by atoms with E-state index in [2.05, 4.69) is 9.71 Å². The number of nitrogens with one attached hydrogen (secondary N) is 1. The third-order valence-electron chi connectivity index (χ3n) is 7.00. The fourth-order valence-corrected chi connectivity index (χ4v) is 6.22. The second-order valence-corrected chi connectivity index (χ2v) is 11.5. The number of cyclic esters (lactones) is 1. The van der Waals surface area contributed by atoms with E-state index in [1.165, 1.54) is 12.5 Å². The van der Waals surface area contributed by atoms with Gasteiger partial charge in [-0.05, 0) is 48.9 Å². The number of hydrogen-bond donors (Lipinski definition) is 2. The lowest BCUT2D eigenvalue weighted by Crippen LogP contribution is -2.41. The molecule has 0 spiro atoms. The van der Waals surface area contributed by atoms with Crippen LogP contribution in [0, 0.1) is 0 Å². The van der Waals surface area contributed by atoms with Gasteiger partial charge in [0.15, 0.2) is 5.03 Å². The molecule has 0 saturated carbocycles. The lowest BCUT2D eigenvalue weighted by Gasteiger charge is -2.38. The third-order valence-corrected chi connectivity index (χ3v) is 8.27. The maximum Gasteiger partial charge on any atom is 0.338 e. The second kappa shape index (κ2) is 11.4. The summed E-state index contributed by atoms with van der Waals surface area (Å²) in [6.45, 7) is 3.97. The maximum atomic E-state index is 13.4. The number of aliphatic hydroxyl groups excluding tert-OH is 1. The fraction of sp³-hybridized carbons (Fsp3) is 0.379. The van der Waals surface area contributed by atoms with E-state index in [0.29, 0.717) is 30.5 Å². The summed E-state index contributed by atoms with van der Waals surface area (Å²) in [6.07, 6.45) is 6.46. The molecular weight excluding hydrogens is 502 g/mol. The molecule has 0 saturated heterocycles. The SMILES string of the molecule is CCCC1(CCc2ccccc2)CC(O)=C(C(CC)c2cccc(NS(=O)(=O)c3cn(C)cn3)c2)C(=O)O1. The van der Waals surface area contributed by atoms with E-state index >= 15 is 0 Å². The molecule has 9 heteroatoms. The second-order valence-electron chi connectivity index (χ2n) is 9.91. The average Bonchev–Trinajstić information content (AvgIpc) is 3.33. The summed E-state index contributed by atoms with van der Waals surface area (Å²) in [5.74, 6) is -0.911. The van der Waals surface area contributed by atoms with E-state index in [9.17, 15) is 18.3 Å². The molecule has 2 atom stereocenters. The maximum absolute atomic E-state index is 13.4. The highest BCUT2D eigenvalue weighted by molar-refractivity contribution is 7.92. The normalized spacial score (nSPS) is 18.8. The summed E-state index contributed by atoms with van der Waals surface area (Å²) < 4.78 is 35.7. The van der Waals surface area contributed by atoms with E-state index in [1.54, 1.807) is 29.8 Å². The summed E-state index contributed by atoms with van der Waals surface area (Å²) in [7, 11) is -2.18. The van der Waals surface area contributed by atoms with Gasteiger partial charge in [0, 0.05) is 31.3 Å². The zero-order chi connectivity index (χ0) is 27.3. The highest BCUT2D eigenvalue weighted by Gasteiger charge is 2.43. The van der Waals surface area contributed by atoms with Crippen LogP contribution in [0.25, 0.3) is 0 Å². The van der Waals surface area contributed by atoms with Crippen molar-refractivity contribution in [3.8, 4) is 0 Å². The third kappa shape index (κ3) is 6.10. The molecule has 38 heavy (non-hydrogen) atoms. The molecule has 0 radical (unpaired) electrons. The summed E-state index contributed by atoms with van der Waals surface area (Å²) >= 11 is 0. The van der Waals surface area contributed by atoms with E-state index in [1.807, 2.05) is 50.2 Å². The first-order chi connectivity index (χ1) is 18.2. The van der Waals surface area contributed by atoms with Gasteiger partial charge < -0.3 is 14.4 Å². The number of rotatable bonds is 11. The Labute approximate surface area is 224 Å². The number of ether oxygens (including phenoxy) is 1. The number of hydrogen-bond acceptors (Lipinski definition) is 6. The van der Waals surface area contributed by atoms with Crippen molar-refractivity contribution in [1.29, 1.82) is 0 Å². The smallest absolute Gasteiger partial charge is 0.338 e. The van der Waals surface area contributed by atoms with Crippen LogP contribution in [-0.2, 0) is 33.0 Å². The van der Waals surface area contributed by atoms with E-state index in [-0.39, 0.29) is 22.8 Å². The van der Waals surface area contributed by atoms with Crippen molar-refractivity contribution in [2.75, 3.05) is 4.72 Å². The van der Waals surface area contributed by atoms with Gasteiger partial charge in [0.25, 0.3) is 10.0 Å². The Kier molecular flexibility index (Phi) is 8.26. The largest absolute Gasteiger partial charge is 0.512 e. The highest BCUT2D eigenvalue weighted by atomic mass is 32.2. The molecule has 2 unspecified atom stereocenters. The number of anilines is 1. The number of imidazole rings is 1. The zero-order valence-electron chi connectivity index (χ0n) is 22.1.